The van der Waals surface area contributed by atoms with Gasteiger partial charge >= 0.3 is 12.1 Å². The highest BCUT2D eigenvalue weighted by Gasteiger charge is 2.34. The molecule has 1 fully saturated rings. The summed E-state index contributed by atoms with van der Waals surface area (Å²) in [6.45, 7) is 0.838. The third-order valence-electron chi connectivity index (χ3n) is 4.17. The van der Waals surface area contributed by atoms with E-state index in [0.717, 1.165) is 6.07 Å². The lowest BCUT2D eigenvalue weighted by molar-refractivity contribution is -0.142. The van der Waals surface area contributed by atoms with E-state index in [1.54, 1.807) is 24.3 Å². The quantitative estimate of drug-likeness (QED) is 0.918. The highest BCUT2D eigenvalue weighted by molar-refractivity contribution is 5.92. The van der Waals surface area contributed by atoms with E-state index in [-0.39, 0.29) is 5.52 Å². The minimum absolute atomic E-state index is 0.290. The zero-order valence-electron chi connectivity index (χ0n) is 12.2. The van der Waals surface area contributed by atoms with Crippen LogP contribution in [0.5, 0.6) is 0 Å². The Morgan fingerprint density at radius 3 is 2.48 bits per heavy atom. The van der Waals surface area contributed by atoms with Gasteiger partial charge in [0.2, 0.25) is 0 Å². The number of fused-ring (bicyclic) bond motifs is 1. The van der Waals surface area contributed by atoms with Crippen molar-refractivity contribution in [2.24, 2.45) is 5.92 Å². The van der Waals surface area contributed by atoms with E-state index in [0.29, 0.717) is 37.0 Å². The van der Waals surface area contributed by atoms with Crippen LogP contribution in [-0.4, -0.2) is 29.1 Å². The van der Waals surface area contributed by atoms with Gasteiger partial charge in [-0.1, -0.05) is 18.2 Å². The number of rotatable bonds is 2. The maximum atomic E-state index is 13.1. The number of nitrogens with zero attached hydrogens (tertiary/aromatic N) is 2. The van der Waals surface area contributed by atoms with Crippen LogP contribution in [0.15, 0.2) is 30.3 Å². The largest absolute Gasteiger partial charge is 0.481 e. The molecular weight excluding hydrogens is 309 g/mol. The van der Waals surface area contributed by atoms with E-state index >= 15 is 0 Å². The Morgan fingerprint density at radius 1 is 1.22 bits per heavy atom. The number of pyridine rings is 1. The summed E-state index contributed by atoms with van der Waals surface area (Å²) in [4.78, 5) is 16.5. The maximum absolute atomic E-state index is 13.1. The summed E-state index contributed by atoms with van der Waals surface area (Å²) >= 11 is 0. The number of carbonyl (C=O) groups is 1. The number of anilines is 1. The molecule has 1 aromatic heterocycles. The molecule has 1 aromatic carbocycles. The summed E-state index contributed by atoms with van der Waals surface area (Å²) in [5.74, 6) is -1.28. The predicted molar refractivity (Wildman–Crippen MR) is 79.3 cm³/mol. The molecule has 0 radical (unpaired) electrons. The number of hydrogen-bond acceptors (Lipinski definition) is 3. The van der Waals surface area contributed by atoms with Crippen LogP contribution in [0.1, 0.15) is 18.5 Å². The van der Waals surface area contributed by atoms with Crippen molar-refractivity contribution in [2.45, 2.75) is 19.0 Å². The molecule has 1 saturated heterocycles. The molecule has 0 amide bonds. The van der Waals surface area contributed by atoms with Gasteiger partial charge < -0.3 is 10.0 Å². The average Bonchev–Trinajstić information content (AvgIpc) is 2.53. The van der Waals surface area contributed by atoms with E-state index in [9.17, 15) is 18.0 Å². The van der Waals surface area contributed by atoms with Crippen molar-refractivity contribution in [2.75, 3.05) is 18.0 Å². The van der Waals surface area contributed by atoms with Gasteiger partial charge in [0.25, 0.3) is 0 Å². The van der Waals surface area contributed by atoms with E-state index < -0.39 is 23.8 Å². The zero-order chi connectivity index (χ0) is 16.6. The molecule has 1 aliphatic heterocycles. The Labute approximate surface area is 130 Å². The molecule has 0 atom stereocenters. The van der Waals surface area contributed by atoms with Crippen LogP contribution < -0.4 is 4.90 Å². The first-order chi connectivity index (χ1) is 10.9. The summed E-state index contributed by atoms with van der Waals surface area (Å²) in [5, 5.41) is 9.69. The van der Waals surface area contributed by atoms with Crippen LogP contribution in [0.2, 0.25) is 0 Å². The lowest BCUT2D eigenvalue weighted by Gasteiger charge is -2.33. The number of piperidine rings is 1. The highest BCUT2D eigenvalue weighted by Crippen LogP contribution is 2.36. The smallest absolute Gasteiger partial charge is 0.433 e. The van der Waals surface area contributed by atoms with Gasteiger partial charge in [-0.15, -0.1) is 0 Å². The van der Waals surface area contributed by atoms with Gasteiger partial charge in [0.1, 0.15) is 5.69 Å². The molecule has 2 heterocycles. The molecule has 7 heteroatoms. The Morgan fingerprint density at radius 2 is 1.87 bits per heavy atom. The Kier molecular flexibility index (Phi) is 3.87. The van der Waals surface area contributed by atoms with Crippen LogP contribution in [-0.2, 0) is 11.0 Å². The predicted octanol–water partition coefficient (Wildman–Crippen LogP) is 3.55. The van der Waals surface area contributed by atoms with Gasteiger partial charge in [0, 0.05) is 24.2 Å². The van der Waals surface area contributed by atoms with Crippen molar-refractivity contribution in [3.8, 4) is 0 Å². The van der Waals surface area contributed by atoms with Gasteiger partial charge in [-0.05, 0) is 25.0 Å². The van der Waals surface area contributed by atoms with Gasteiger partial charge in [0.15, 0.2) is 0 Å². The summed E-state index contributed by atoms with van der Waals surface area (Å²) in [6.07, 6.45) is -3.67. The van der Waals surface area contributed by atoms with Crippen molar-refractivity contribution in [1.29, 1.82) is 0 Å². The monoisotopic (exact) mass is 324 g/mol. The molecule has 3 rings (SSSR count). The summed E-state index contributed by atoms with van der Waals surface area (Å²) in [5.41, 5.74) is -0.170. The molecule has 23 heavy (non-hydrogen) atoms. The zero-order valence-corrected chi connectivity index (χ0v) is 12.2. The number of benzene rings is 1. The molecule has 4 nitrogen and oxygen atoms in total. The molecule has 0 spiro atoms. The van der Waals surface area contributed by atoms with Crippen molar-refractivity contribution >= 4 is 22.6 Å². The average molecular weight is 324 g/mol. The number of aliphatic carboxylic acids is 1. The standard InChI is InChI=1S/C16H15F3N2O2/c17-16(18,19)14-9-13(11-3-1-2-4-12(11)20-14)21-7-5-10(6-8-21)15(22)23/h1-4,9-10H,5-8H2,(H,22,23). The van der Waals surface area contributed by atoms with Crippen LogP contribution in [0.25, 0.3) is 10.9 Å². The second-order valence-corrected chi connectivity index (χ2v) is 5.64. The number of aromatic nitrogens is 1. The first-order valence-electron chi connectivity index (χ1n) is 7.31. The number of carboxylic acids is 1. The Bertz CT molecular complexity index is 738. The fourth-order valence-corrected chi connectivity index (χ4v) is 2.93. The maximum Gasteiger partial charge on any atom is 0.433 e. The molecule has 0 bridgehead atoms. The van der Waals surface area contributed by atoms with Gasteiger partial charge in [-0.2, -0.15) is 13.2 Å². The van der Waals surface area contributed by atoms with Crippen molar-refractivity contribution in [1.82, 2.24) is 4.98 Å². The van der Waals surface area contributed by atoms with E-state index in [2.05, 4.69) is 4.98 Å². The lowest BCUT2D eigenvalue weighted by Crippen LogP contribution is -2.36. The van der Waals surface area contributed by atoms with Crippen molar-refractivity contribution < 1.29 is 23.1 Å². The number of carboxylic acid groups (broad SMARTS) is 1. The van der Waals surface area contributed by atoms with Crippen LogP contribution >= 0.6 is 0 Å². The third-order valence-corrected chi connectivity index (χ3v) is 4.17. The molecule has 2 aromatic rings. The number of alkyl halides is 3. The van der Waals surface area contributed by atoms with Gasteiger partial charge in [-0.3, -0.25) is 4.79 Å². The summed E-state index contributed by atoms with van der Waals surface area (Å²) < 4.78 is 39.2. The van der Waals surface area contributed by atoms with Crippen molar-refractivity contribution in [3.05, 3.63) is 36.0 Å². The highest BCUT2D eigenvalue weighted by atomic mass is 19.4. The first kappa shape index (κ1) is 15.6. The number of hydrogen-bond donors (Lipinski definition) is 1. The second-order valence-electron chi connectivity index (χ2n) is 5.64. The number of para-hydroxylation sites is 1. The SMILES string of the molecule is O=C(O)C1CCN(c2cc(C(F)(F)F)nc3ccccc23)CC1. The summed E-state index contributed by atoms with van der Waals surface area (Å²) in [7, 11) is 0. The van der Waals surface area contributed by atoms with Crippen LogP contribution in [0.4, 0.5) is 18.9 Å². The minimum atomic E-state index is -4.52. The molecule has 1 N–H and O–H groups in total. The molecule has 1 aliphatic rings. The number of halogens is 3. The molecule has 0 unspecified atom stereocenters. The topological polar surface area (TPSA) is 53.4 Å². The molecule has 0 saturated carbocycles. The molecule has 0 aliphatic carbocycles. The van der Waals surface area contributed by atoms with Crippen LogP contribution in [0, 0.1) is 5.92 Å². The Balaban J connectivity index is 2.01. The van der Waals surface area contributed by atoms with E-state index in [1.165, 1.54) is 0 Å². The van der Waals surface area contributed by atoms with Crippen LogP contribution in [0.3, 0.4) is 0 Å². The Hall–Kier alpha value is -2.31. The van der Waals surface area contributed by atoms with Gasteiger partial charge in [-0.25, -0.2) is 4.98 Å². The minimum Gasteiger partial charge on any atom is -0.481 e. The van der Waals surface area contributed by atoms with Crippen molar-refractivity contribution in [3.63, 3.8) is 0 Å². The normalized spacial score (nSPS) is 16.7. The summed E-state index contributed by atoms with van der Waals surface area (Å²) in [6, 6.07) is 7.75. The third kappa shape index (κ3) is 3.09. The van der Waals surface area contributed by atoms with Gasteiger partial charge in [0.05, 0.1) is 11.4 Å². The fraction of sp³-hybridized carbons (Fsp3) is 0.375. The fourth-order valence-electron chi connectivity index (χ4n) is 2.93. The first-order valence-corrected chi connectivity index (χ1v) is 7.31. The molecule has 122 valence electrons. The molecular formula is C16H15F3N2O2. The van der Waals surface area contributed by atoms with E-state index in [4.69, 9.17) is 5.11 Å². The lowest BCUT2D eigenvalue weighted by atomic mass is 9.96. The second kappa shape index (κ2) is 5.72. The van der Waals surface area contributed by atoms with E-state index in [1.807, 2.05) is 4.90 Å².